The van der Waals surface area contributed by atoms with Gasteiger partial charge in [-0.15, -0.1) is 0 Å². The zero-order valence-corrected chi connectivity index (χ0v) is 16.2. The van der Waals surface area contributed by atoms with E-state index in [-0.39, 0.29) is 29.9 Å². The summed E-state index contributed by atoms with van der Waals surface area (Å²) in [7, 11) is 1.71. The predicted molar refractivity (Wildman–Crippen MR) is 105 cm³/mol. The van der Waals surface area contributed by atoms with Gasteiger partial charge in [0.25, 0.3) is 5.91 Å². The van der Waals surface area contributed by atoms with Gasteiger partial charge >= 0.3 is 5.97 Å². The quantitative estimate of drug-likeness (QED) is 0.702. The van der Waals surface area contributed by atoms with Crippen molar-refractivity contribution in [1.29, 1.82) is 0 Å². The van der Waals surface area contributed by atoms with Gasteiger partial charge < -0.3 is 19.9 Å². The number of rotatable bonds is 4. The van der Waals surface area contributed by atoms with Crippen LogP contribution in [0.1, 0.15) is 21.5 Å². The van der Waals surface area contributed by atoms with E-state index in [1.165, 1.54) is 11.2 Å². The van der Waals surface area contributed by atoms with Crippen LogP contribution in [0.4, 0.5) is 15.9 Å². The van der Waals surface area contributed by atoms with Crippen molar-refractivity contribution in [1.82, 2.24) is 19.4 Å². The lowest BCUT2D eigenvalue weighted by Crippen LogP contribution is -2.53. The number of pyridine rings is 1. The molecule has 1 aliphatic heterocycles. The number of amides is 1. The lowest BCUT2D eigenvalue weighted by molar-refractivity contribution is -0.146. The second kappa shape index (κ2) is 6.84. The molecule has 0 atom stereocenters. The van der Waals surface area contributed by atoms with Gasteiger partial charge in [0.2, 0.25) is 0 Å². The zero-order valence-electron chi connectivity index (χ0n) is 16.2. The van der Waals surface area contributed by atoms with Gasteiger partial charge in [-0.2, -0.15) is 0 Å². The van der Waals surface area contributed by atoms with E-state index in [1.54, 1.807) is 23.9 Å². The average Bonchev–Trinajstić information content (AvgIpc) is 2.98. The monoisotopic (exact) mass is 397 g/mol. The first kappa shape index (κ1) is 18.9. The number of aryl methyl sites for hydroxylation is 3. The highest BCUT2D eigenvalue weighted by Gasteiger charge is 2.37. The number of carboxylic acids is 1. The number of hydrogen-bond acceptors (Lipinski definition) is 5. The average molecular weight is 397 g/mol. The lowest BCUT2D eigenvalue weighted by atomic mass is 9.98. The molecule has 2 aromatic heterocycles. The Hall–Kier alpha value is -3.49. The first-order valence-electron chi connectivity index (χ1n) is 9.12. The number of likely N-dealkylation sites (tertiary alicyclic amines) is 1. The van der Waals surface area contributed by atoms with Crippen molar-refractivity contribution in [3.8, 4) is 0 Å². The predicted octanol–water partition coefficient (Wildman–Crippen LogP) is 2.62. The maximum Gasteiger partial charge on any atom is 0.310 e. The molecule has 3 heterocycles. The Kier molecular flexibility index (Phi) is 4.45. The smallest absolute Gasteiger partial charge is 0.310 e. The largest absolute Gasteiger partial charge is 0.481 e. The molecule has 0 bridgehead atoms. The Labute approximate surface area is 166 Å². The van der Waals surface area contributed by atoms with Crippen molar-refractivity contribution >= 4 is 34.4 Å². The van der Waals surface area contributed by atoms with Crippen LogP contribution in [0.2, 0.25) is 0 Å². The van der Waals surface area contributed by atoms with E-state index in [4.69, 9.17) is 5.11 Å². The van der Waals surface area contributed by atoms with Gasteiger partial charge in [0, 0.05) is 26.3 Å². The van der Waals surface area contributed by atoms with Crippen molar-refractivity contribution in [2.24, 2.45) is 13.0 Å². The molecule has 3 aromatic rings. The number of nitrogens with zero attached hydrogens (tertiary/aromatic N) is 4. The summed E-state index contributed by atoms with van der Waals surface area (Å²) in [5.41, 5.74) is 2.48. The first-order chi connectivity index (χ1) is 13.8. The minimum absolute atomic E-state index is 0.0144. The molecule has 1 saturated heterocycles. The van der Waals surface area contributed by atoms with Gasteiger partial charge in [-0.05, 0) is 31.0 Å². The number of halogens is 1. The highest BCUT2D eigenvalue weighted by Crippen LogP contribution is 2.33. The Balaban J connectivity index is 1.79. The summed E-state index contributed by atoms with van der Waals surface area (Å²) in [4.78, 5) is 33.9. The van der Waals surface area contributed by atoms with E-state index in [0.29, 0.717) is 11.3 Å². The molecule has 2 N–H and O–H groups in total. The number of fused-ring (bicyclic) bond motifs is 1. The Morgan fingerprint density at radius 2 is 1.97 bits per heavy atom. The fraction of sp³-hybridized carbons (Fsp3) is 0.300. The second-order valence-corrected chi connectivity index (χ2v) is 7.38. The standard InChI is InChI=1S/C20H20FN5O3/c1-10-4-11(2)18(22-6-10)24-16-13(19(27)26-7-12(8-26)20(28)29)5-14-17(15(16)21)23-9-25(14)3/h4-6,9,12H,7-8H2,1-3H3,(H,22,24)(H,28,29). The molecule has 150 valence electrons. The number of carbonyl (C=O) groups is 2. The van der Waals surface area contributed by atoms with Crippen LogP contribution < -0.4 is 5.32 Å². The van der Waals surface area contributed by atoms with Gasteiger partial charge in [0.05, 0.1) is 29.0 Å². The van der Waals surface area contributed by atoms with Crippen LogP contribution >= 0.6 is 0 Å². The molecular weight excluding hydrogens is 377 g/mol. The molecule has 1 fully saturated rings. The molecule has 1 aromatic carbocycles. The number of anilines is 2. The minimum atomic E-state index is -0.944. The highest BCUT2D eigenvalue weighted by molar-refractivity contribution is 6.05. The number of nitrogens with one attached hydrogen (secondary N) is 1. The third-order valence-corrected chi connectivity index (χ3v) is 5.17. The second-order valence-electron chi connectivity index (χ2n) is 7.38. The minimum Gasteiger partial charge on any atom is -0.481 e. The zero-order chi connectivity index (χ0) is 20.9. The van der Waals surface area contributed by atoms with Gasteiger partial charge in [-0.1, -0.05) is 6.07 Å². The number of aliphatic carboxylic acids is 1. The highest BCUT2D eigenvalue weighted by atomic mass is 19.1. The summed E-state index contributed by atoms with van der Waals surface area (Å²) in [6.45, 7) is 3.94. The molecule has 1 amide bonds. The summed E-state index contributed by atoms with van der Waals surface area (Å²) >= 11 is 0. The van der Waals surface area contributed by atoms with Gasteiger partial charge in [-0.3, -0.25) is 9.59 Å². The van der Waals surface area contributed by atoms with Crippen LogP contribution in [0, 0.1) is 25.6 Å². The third kappa shape index (κ3) is 3.18. The molecule has 0 radical (unpaired) electrons. The van der Waals surface area contributed by atoms with Crippen molar-refractivity contribution in [2.75, 3.05) is 18.4 Å². The van der Waals surface area contributed by atoms with Crippen LogP contribution in [0.5, 0.6) is 0 Å². The van der Waals surface area contributed by atoms with E-state index in [1.807, 2.05) is 19.9 Å². The normalized spacial score (nSPS) is 14.1. The molecule has 1 aliphatic rings. The third-order valence-electron chi connectivity index (χ3n) is 5.17. The van der Waals surface area contributed by atoms with Crippen LogP contribution in [-0.4, -0.2) is 49.5 Å². The maximum atomic E-state index is 15.4. The number of imidazole rings is 1. The molecule has 4 rings (SSSR count). The summed E-state index contributed by atoms with van der Waals surface area (Å²) in [5.74, 6) is -2.19. The van der Waals surface area contributed by atoms with Crippen molar-refractivity contribution in [3.63, 3.8) is 0 Å². The van der Waals surface area contributed by atoms with Gasteiger partial charge in [0.1, 0.15) is 11.3 Å². The Bertz CT molecular complexity index is 1150. The van der Waals surface area contributed by atoms with E-state index in [9.17, 15) is 9.59 Å². The van der Waals surface area contributed by atoms with E-state index in [2.05, 4.69) is 15.3 Å². The van der Waals surface area contributed by atoms with Crippen molar-refractivity contribution in [3.05, 3.63) is 47.2 Å². The van der Waals surface area contributed by atoms with Crippen LogP contribution in [0.15, 0.2) is 24.7 Å². The molecule has 29 heavy (non-hydrogen) atoms. The van der Waals surface area contributed by atoms with Crippen molar-refractivity contribution in [2.45, 2.75) is 13.8 Å². The van der Waals surface area contributed by atoms with Crippen LogP contribution in [0.25, 0.3) is 11.0 Å². The molecule has 9 heteroatoms. The summed E-state index contributed by atoms with van der Waals surface area (Å²) in [5, 5.41) is 12.0. The summed E-state index contributed by atoms with van der Waals surface area (Å²) < 4.78 is 17.0. The number of hydrogen-bond donors (Lipinski definition) is 2. The Morgan fingerprint density at radius 3 is 2.62 bits per heavy atom. The summed E-state index contributed by atoms with van der Waals surface area (Å²) in [6, 6.07) is 3.48. The molecule has 0 saturated carbocycles. The van der Waals surface area contributed by atoms with Crippen LogP contribution in [0.3, 0.4) is 0 Å². The molecular formula is C20H20FN5O3. The van der Waals surface area contributed by atoms with E-state index in [0.717, 1.165) is 11.1 Å². The van der Waals surface area contributed by atoms with E-state index >= 15 is 4.39 Å². The molecule has 0 aliphatic carbocycles. The molecule has 0 unspecified atom stereocenters. The van der Waals surface area contributed by atoms with Crippen LogP contribution in [-0.2, 0) is 11.8 Å². The molecule has 8 nitrogen and oxygen atoms in total. The first-order valence-corrected chi connectivity index (χ1v) is 9.12. The Morgan fingerprint density at radius 1 is 1.24 bits per heavy atom. The fourth-order valence-corrected chi connectivity index (χ4v) is 3.45. The summed E-state index contributed by atoms with van der Waals surface area (Å²) in [6.07, 6.45) is 3.13. The lowest BCUT2D eigenvalue weighted by Gasteiger charge is -2.37. The number of aromatic nitrogens is 3. The fourth-order valence-electron chi connectivity index (χ4n) is 3.45. The number of carboxylic acid groups (broad SMARTS) is 1. The van der Waals surface area contributed by atoms with Crippen molar-refractivity contribution < 1.29 is 19.1 Å². The SMILES string of the molecule is Cc1cnc(Nc2c(C(=O)N3CC(C(=O)O)C3)cc3c(ncn3C)c2F)c(C)c1. The topological polar surface area (TPSA) is 100 Å². The maximum absolute atomic E-state index is 15.4. The number of carbonyl (C=O) groups excluding carboxylic acids is 1. The molecule has 0 spiro atoms. The number of benzene rings is 1. The van der Waals surface area contributed by atoms with Gasteiger partial charge in [-0.25, -0.2) is 14.4 Å². The van der Waals surface area contributed by atoms with E-state index < -0.39 is 23.6 Å². The van der Waals surface area contributed by atoms with Gasteiger partial charge in [0.15, 0.2) is 5.82 Å².